The second kappa shape index (κ2) is 5.13. The van der Waals surface area contributed by atoms with Gasteiger partial charge in [-0.15, -0.1) is 0 Å². The topological polar surface area (TPSA) is 42.0 Å². The Bertz CT molecular complexity index is 781. The van der Waals surface area contributed by atoms with Crippen molar-refractivity contribution < 1.29 is 4.79 Å². The number of hydrogen-bond acceptors (Lipinski definition) is 3. The van der Waals surface area contributed by atoms with Gasteiger partial charge in [0.15, 0.2) is 5.78 Å². The highest BCUT2D eigenvalue weighted by Gasteiger charge is 2.01. The van der Waals surface area contributed by atoms with E-state index >= 15 is 0 Å². The van der Waals surface area contributed by atoms with Crippen molar-refractivity contribution in [2.45, 2.75) is 6.92 Å². The number of rotatable bonds is 3. The SMILES string of the molecule is CC(=O)c1cccc(Nc2ccc3ncccc3c2)c1. The molecule has 0 amide bonds. The highest BCUT2D eigenvalue weighted by atomic mass is 16.1. The van der Waals surface area contributed by atoms with Crippen LogP contribution < -0.4 is 5.32 Å². The first-order chi connectivity index (χ1) is 9.72. The molecule has 0 spiro atoms. The van der Waals surface area contributed by atoms with E-state index in [4.69, 9.17) is 0 Å². The molecule has 0 aliphatic rings. The first kappa shape index (κ1) is 12.4. The van der Waals surface area contributed by atoms with Crippen molar-refractivity contribution in [1.29, 1.82) is 0 Å². The third-order valence-corrected chi connectivity index (χ3v) is 3.16. The minimum absolute atomic E-state index is 0.0661. The number of anilines is 2. The van der Waals surface area contributed by atoms with Crippen molar-refractivity contribution in [1.82, 2.24) is 4.98 Å². The predicted octanol–water partition coefficient (Wildman–Crippen LogP) is 4.18. The van der Waals surface area contributed by atoms with E-state index in [2.05, 4.69) is 10.3 Å². The largest absolute Gasteiger partial charge is 0.355 e. The van der Waals surface area contributed by atoms with E-state index in [1.807, 2.05) is 54.6 Å². The molecular formula is C17H14N2O. The fourth-order valence-corrected chi connectivity index (χ4v) is 2.14. The molecule has 3 nitrogen and oxygen atoms in total. The third kappa shape index (κ3) is 2.52. The summed E-state index contributed by atoms with van der Waals surface area (Å²) < 4.78 is 0. The average Bonchev–Trinajstić information content (AvgIpc) is 2.47. The maximum Gasteiger partial charge on any atom is 0.159 e. The summed E-state index contributed by atoms with van der Waals surface area (Å²) in [6, 6.07) is 17.4. The first-order valence-corrected chi connectivity index (χ1v) is 6.45. The molecule has 0 fully saturated rings. The molecule has 0 aliphatic heterocycles. The Morgan fingerprint density at radius 1 is 1.00 bits per heavy atom. The van der Waals surface area contributed by atoms with Gasteiger partial charge in [0.1, 0.15) is 0 Å². The number of fused-ring (bicyclic) bond motifs is 1. The molecule has 3 aromatic rings. The summed E-state index contributed by atoms with van der Waals surface area (Å²) in [5, 5.41) is 4.39. The van der Waals surface area contributed by atoms with Crippen LogP contribution in [-0.2, 0) is 0 Å². The van der Waals surface area contributed by atoms with E-state index in [1.54, 1.807) is 13.1 Å². The van der Waals surface area contributed by atoms with Crippen LogP contribution in [0.25, 0.3) is 10.9 Å². The van der Waals surface area contributed by atoms with Crippen molar-refractivity contribution in [2.24, 2.45) is 0 Å². The molecule has 3 rings (SSSR count). The average molecular weight is 262 g/mol. The van der Waals surface area contributed by atoms with Crippen molar-refractivity contribution in [2.75, 3.05) is 5.32 Å². The molecular weight excluding hydrogens is 248 g/mol. The maximum absolute atomic E-state index is 11.4. The van der Waals surface area contributed by atoms with Crippen LogP contribution in [0.2, 0.25) is 0 Å². The van der Waals surface area contributed by atoms with Crippen LogP contribution in [0.15, 0.2) is 60.8 Å². The maximum atomic E-state index is 11.4. The predicted molar refractivity (Wildman–Crippen MR) is 81.5 cm³/mol. The van der Waals surface area contributed by atoms with Gasteiger partial charge in [-0.1, -0.05) is 18.2 Å². The van der Waals surface area contributed by atoms with E-state index in [1.165, 1.54) is 0 Å². The molecule has 0 saturated heterocycles. The molecule has 0 saturated carbocycles. The molecule has 2 aromatic carbocycles. The summed E-state index contributed by atoms with van der Waals surface area (Å²) in [6.07, 6.45) is 1.78. The van der Waals surface area contributed by atoms with Gasteiger partial charge in [0, 0.05) is 28.5 Å². The van der Waals surface area contributed by atoms with Crippen LogP contribution in [-0.4, -0.2) is 10.8 Å². The highest BCUT2D eigenvalue weighted by molar-refractivity contribution is 5.95. The van der Waals surface area contributed by atoms with Gasteiger partial charge in [0.25, 0.3) is 0 Å². The Balaban J connectivity index is 1.92. The van der Waals surface area contributed by atoms with E-state index < -0.39 is 0 Å². The normalized spacial score (nSPS) is 10.4. The zero-order chi connectivity index (χ0) is 13.9. The van der Waals surface area contributed by atoms with Gasteiger partial charge in [-0.25, -0.2) is 0 Å². The summed E-state index contributed by atoms with van der Waals surface area (Å²) in [5.41, 5.74) is 3.56. The first-order valence-electron chi connectivity index (χ1n) is 6.45. The highest BCUT2D eigenvalue weighted by Crippen LogP contribution is 2.21. The number of benzene rings is 2. The lowest BCUT2D eigenvalue weighted by atomic mass is 10.1. The van der Waals surface area contributed by atoms with Crippen LogP contribution in [0.3, 0.4) is 0 Å². The Labute approximate surface area is 117 Å². The number of ketones is 1. The van der Waals surface area contributed by atoms with Crippen molar-refractivity contribution in [3.63, 3.8) is 0 Å². The standard InChI is InChI=1S/C17H14N2O/c1-12(20)13-4-2-6-15(10-13)19-16-7-8-17-14(11-16)5-3-9-18-17/h2-11,19H,1H3. The number of Topliss-reactive ketones (excluding diaryl/α,β-unsaturated/α-hetero) is 1. The molecule has 0 aliphatic carbocycles. The second-order valence-corrected chi connectivity index (χ2v) is 4.67. The Kier molecular flexibility index (Phi) is 3.17. The number of carbonyl (C=O) groups excluding carboxylic acids is 1. The van der Waals surface area contributed by atoms with Crippen LogP contribution in [0.4, 0.5) is 11.4 Å². The van der Waals surface area contributed by atoms with Gasteiger partial charge < -0.3 is 5.32 Å². The summed E-state index contributed by atoms with van der Waals surface area (Å²) in [7, 11) is 0. The van der Waals surface area contributed by atoms with E-state index in [-0.39, 0.29) is 5.78 Å². The lowest BCUT2D eigenvalue weighted by Crippen LogP contribution is -1.95. The molecule has 0 atom stereocenters. The van der Waals surface area contributed by atoms with Crippen LogP contribution in [0, 0.1) is 0 Å². The van der Waals surface area contributed by atoms with Crippen LogP contribution >= 0.6 is 0 Å². The third-order valence-electron chi connectivity index (χ3n) is 3.16. The van der Waals surface area contributed by atoms with Gasteiger partial charge in [0.2, 0.25) is 0 Å². The van der Waals surface area contributed by atoms with E-state index in [0.29, 0.717) is 5.56 Å². The van der Waals surface area contributed by atoms with E-state index in [0.717, 1.165) is 22.3 Å². The minimum Gasteiger partial charge on any atom is -0.355 e. The smallest absolute Gasteiger partial charge is 0.159 e. The molecule has 0 bridgehead atoms. The Morgan fingerprint density at radius 2 is 1.85 bits per heavy atom. The second-order valence-electron chi connectivity index (χ2n) is 4.67. The summed E-state index contributed by atoms with van der Waals surface area (Å²) in [4.78, 5) is 15.7. The van der Waals surface area contributed by atoms with Crippen LogP contribution in [0.1, 0.15) is 17.3 Å². The molecule has 1 N–H and O–H groups in total. The number of carbonyl (C=O) groups is 1. The molecule has 3 heteroatoms. The zero-order valence-corrected chi connectivity index (χ0v) is 11.1. The van der Waals surface area contributed by atoms with Crippen LogP contribution in [0.5, 0.6) is 0 Å². The number of nitrogens with zero attached hydrogens (tertiary/aromatic N) is 1. The molecule has 0 radical (unpaired) electrons. The summed E-state index contributed by atoms with van der Waals surface area (Å²) >= 11 is 0. The van der Waals surface area contributed by atoms with Gasteiger partial charge in [-0.3, -0.25) is 9.78 Å². The fourth-order valence-electron chi connectivity index (χ4n) is 2.14. The minimum atomic E-state index is 0.0661. The molecule has 0 unspecified atom stereocenters. The van der Waals surface area contributed by atoms with Gasteiger partial charge in [-0.2, -0.15) is 0 Å². The van der Waals surface area contributed by atoms with Crippen molar-refractivity contribution in [3.8, 4) is 0 Å². The molecule has 20 heavy (non-hydrogen) atoms. The molecule has 98 valence electrons. The van der Waals surface area contributed by atoms with Crippen molar-refractivity contribution in [3.05, 3.63) is 66.4 Å². The summed E-state index contributed by atoms with van der Waals surface area (Å²) in [6.45, 7) is 1.57. The lowest BCUT2D eigenvalue weighted by molar-refractivity contribution is 0.101. The monoisotopic (exact) mass is 262 g/mol. The lowest BCUT2D eigenvalue weighted by Gasteiger charge is -2.08. The number of hydrogen-bond donors (Lipinski definition) is 1. The Morgan fingerprint density at radius 3 is 2.70 bits per heavy atom. The zero-order valence-electron chi connectivity index (χ0n) is 11.1. The van der Waals surface area contributed by atoms with Crippen molar-refractivity contribution >= 4 is 28.1 Å². The van der Waals surface area contributed by atoms with Gasteiger partial charge in [-0.05, 0) is 43.3 Å². The Hall–Kier alpha value is -2.68. The number of nitrogens with one attached hydrogen (secondary N) is 1. The fraction of sp³-hybridized carbons (Fsp3) is 0.0588. The van der Waals surface area contributed by atoms with Gasteiger partial charge >= 0.3 is 0 Å². The summed E-state index contributed by atoms with van der Waals surface area (Å²) in [5.74, 6) is 0.0661. The van der Waals surface area contributed by atoms with Gasteiger partial charge in [0.05, 0.1) is 5.52 Å². The number of pyridine rings is 1. The number of aromatic nitrogens is 1. The molecule has 1 aromatic heterocycles. The molecule has 1 heterocycles. The van der Waals surface area contributed by atoms with E-state index in [9.17, 15) is 4.79 Å². The quantitative estimate of drug-likeness (QED) is 0.720.